The van der Waals surface area contributed by atoms with E-state index in [0.717, 1.165) is 16.7 Å². The molecule has 1 aliphatic heterocycles. The van der Waals surface area contributed by atoms with Gasteiger partial charge in [0.2, 0.25) is 0 Å². The number of amides is 1. The van der Waals surface area contributed by atoms with Gasteiger partial charge < -0.3 is 19.4 Å². The number of nitrogens with one attached hydrogen (secondary N) is 1. The van der Waals surface area contributed by atoms with E-state index >= 15 is 0 Å². The average molecular weight is 442 g/mol. The maximum atomic E-state index is 13.0. The van der Waals surface area contributed by atoms with Gasteiger partial charge in [-0.1, -0.05) is 29.8 Å². The van der Waals surface area contributed by atoms with Gasteiger partial charge in [-0.25, -0.2) is 4.79 Å². The molecule has 1 atom stereocenters. The minimum Gasteiger partial charge on any atom is -0.497 e. The molecule has 2 aromatic carbocycles. The lowest BCUT2D eigenvalue weighted by atomic mass is 10.0. The number of piperazine rings is 1. The molecule has 1 N–H and O–H groups in total. The Kier molecular flexibility index (Phi) is 6.15. The van der Waals surface area contributed by atoms with Gasteiger partial charge in [-0.15, -0.1) is 0 Å². The Hall–Kier alpha value is -3.03. The standard InChI is InChI=1S/C23H24ClN3O4/c1-30-16-8-7-15-13-20(25-19(15)14-16)22(28)27-11-9-26(10-12-27)21(23(29)31-2)17-5-3-4-6-18(17)24/h3-8,13-14,21,25H,9-12H2,1-2H3. The second-order valence-electron chi connectivity index (χ2n) is 7.41. The zero-order chi connectivity index (χ0) is 22.0. The number of carbonyl (C=O) groups is 2. The van der Waals surface area contributed by atoms with Crippen molar-refractivity contribution in [3.05, 3.63) is 64.8 Å². The van der Waals surface area contributed by atoms with Gasteiger partial charge in [0.15, 0.2) is 0 Å². The van der Waals surface area contributed by atoms with Crippen LogP contribution in [0.2, 0.25) is 5.02 Å². The van der Waals surface area contributed by atoms with E-state index in [1.54, 1.807) is 18.1 Å². The van der Waals surface area contributed by atoms with Crippen LogP contribution in [0, 0.1) is 0 Å². The Morgan fingerprint density at radius 2 is 1.77 bits per heavy atom. The number of H-pyrrole nitrogens is 1. The number of rotatable bonds is 5. The molecule has 1 unspecified atom stereocenters. The van der Waals surface area contributed by atoms with Gasteiger partial charge >= 0.3 is 5.97 Å². The molecule has 0 aliphatic carbocycles. The number of esters is 1. The second kappa shape index (κ2) is 8.99. The van der Waals surface area contributed by atoms with Crippen LogP contribution in [0.5, 0.6) is 5.75 Å². The van der Waals surface area contributed by atoms with Gasteiger partial charge in [0.1, 0.15) is 17.5 Å². The number of benzene rings is 2. The minimum atomic E-state index is -0.600. The molecule has 0 bridgehead atoms. The molecule has 1 aliphatic rings. The predicted molar refractivity (Wildman–Crippen MR) is 119 cm³/mol. The molecule has 0 spiro atoms. The maximum absolute atomic E-state index is 13.0. The van der Waals surface area contributed by atoms with Crippen LogP contribution >= 0.6 is 11.6 Å². The highest BCUT2D eigenvalue weighted by molar-refractivity contribution is 6.31. The van der Waals surface area contributed by atoms with E-state index in [2.05, 4.69) is 4.98 Å². The summed E-state index contributed by atoms with van der Waals surface area (Å²) >= 11 is 6.35. The smallest absolute Gasteiger partial charge is 0.327 e. The third kappa shape index (κ3) is 4.24. The van der Waals surface area contributed by atoms with Crippen molar-refractivity contribution in [3.8, 4) is 5.75 Å². The second-order valence-corrected chi connectivity index (χ2v) is 7.82. The van der Waals surface area contributed by atoms with Crippen molar-refractivity contribution >= 4 is 34.4 Å². The highest BCUT2D eigenvalue weighted by Crippen LogP contribution is 2.30. The van der Waals surface area contributed by atoms with Gasteiger partial charge in [-0.3, -0.25) is 9.69 Å². The number of fused-ring (bicyclic) bond motifs is 1. The summed E-state index contributed by atoms with van der Waals surface area (Å²) in [6.45, 7) is 2.06. The molecule has 7 nitrogen and oxygen atoms in total. The quantitative estimate of drug-likeness (QED) is 0.613. The molecule has 3 aromatic rings. The number of nitrogens with zero attached hydrogens (tertiary/aromatic N) is 2. The molecule has 162 valence electrons. The van der Waals surface area contributed by atoms with Gasteiger partial charge in [-0.2, -0.15) is 0 Å². The van der Waals surface area contributed by atoms with Crippen LogP contribution < -0.4 is 4.74 Å². The molecule has 1 fully saturated rings. The summed E-state index contributed by atoms with van der Waals surface area (Å²) in [6.07, 6.45) is 0. The number of carbonyl (C=O) groups excluding carboxylic acids is 2. The van der Waals surface area contributed by atoms with Crippen LogP contribution in [-0.2, 0) is 9.53 Å². The van der Waals surface area contributed by atoms with E-state index in [1.165, 1.54) is 7.11 Å². The molecule has 4 rings (SSSR count). The summed E-state index contributed by atoms with van der Waals surface area (Å²) in [5, 5.41) is 1.47. The van der Waals surface area contributed by atoms with Crippen LogP contribution in [0.4, 0.5) is 0 Å². The first-order valence-electron chi connectivity index (χ1n) is 10.0. The molecule has 1 amide bonds. The van der Waals surface area contributed by atoms with E-state index in [1.807, 2.05) is 47.4 Å². The zero-order valence-electron chi connectivity index (χ0n) is 17.4. The number of ether oxygens (including phenoxy) is 2. The van der Waals surface area contributed by atoms with Gasteiger partial charge in [0.05, 0.1) is 14.2 Å². The number of hydrogen-bond acceptors (Lipinski definition) is 5. The average Bonchev–Trinajstić information content (AvgIpc) is 3.23. The van der Waals surface area contributed by atoms with Gasteiger partial charge in [0.25, 0.3) is 5.91 Å². The molecule has 8 heteroatoms. The molecule has 31 heavy (non-hydrogen) atoms. The van der Waals surface area contributed by atoms with E-state index in [-0.39, 0.29) is 11.9 Å². The lowest BCUT2D eigenvalue weighted by Gasteiger charge is -2.38. The van der Waals surface area contributed by atoms with E-state index in [0.29, 0.717) is 42.5 Å². The SMILES string of the molecule is COC(=O)C(c1ccccc1Cl)N1CCN(C(=O)c2cc3ccc(OC)cc3[nH]2)CC1. The molecule has 1 aromatic heterocycles. The number of hydrogen-bond donors (Lipinski definition) is 1. The van der Waals surface area contributed by atoms with Crippen molar-refractivity contribution in [2.75, 3.05) is 40.4 Å². The highest BCUT2D eigenvalue weighted by atomic mass is 35.5. The van der Waals surface area contributed by atoms with E-state index in [9.17, 15) is 9.59 Å². The fourth-order valence-electron chi connectivity index (χ4n) is 3.98. The Morgan fingerprint density at radius 1 is 1.03 bits per heavy atom. The fourth-order valence-corrected chi connectivity index (χ4v) is 4.22. The van der Waals surface area contributed by atoms with E-state index < -0.39 is 6.04 Å². The minimum absolute atomic E-state index is 0.0674. The third-order valence-electron chi connectivity index (χ3n) is 5.65. The van der Waals surface area contributed by atoms with E-state index in [4.69, 9.17) is 21.1 Å². The summed E-state index contributed by atoms with van der Waals surface area (Å²) in [6, 6.07) is 14.2. The molecular formula is C23H24ClN3O4. The summed E-state index contributed by atoms with van der Waals surface area (Å²) in [5.74, 6) is 0.301. The Balaban J connectivity index is 1.49. The summed E-state index contributed by atoms with van der Waals surface area (Å²) in [7, 11) is 2.98. The first kappa shape index (κ1) is 21.2. The lowest BCUT2D eigenvalue weighted by molar-refractivity contribution is -0.148. The maximum Gasteiger partial charge on any atom is 0.327 e. The van der Waals surface area contributed by atoms with Crippen LogP contribution in [0.1, 0.15) is 22.1 Å². The number of aromatic nitrogens is 1. The number of aromatic amines is 1. The van der Waals surface area contributed by atoms with Crippen molar-refractivity contribution in [2.45, 2.75) is 6.04 Å². The summed E-state index contributed by atoms with van der Waals surface area (Å²) in [5.41, 5.74) is 2.10. The highest BCUT2D eigenvalue weighted by Gasteiger charge is 2.34. The largest absolute Gasteiger partial charge is 0.497 e. The predicted octanol–water partition coefficient (Wildman–Crippen LogP) is 3.50. The van der Waals surface area contributed by atoms with Crippen LogP contribution in [0.3, 0.4) is 0 Å². The Labute approximate surface area is 185 Å². The zero-order valence-corrected chi connectivity index (χ0v) is 18.2. The Morgan fingerprint density at radius 3 is 2.45 bits per heavy atom. The van der Waals surface area contributed by atoms with Gasteiger partial charge in [0, 0.05) is 48.2 Å². The van der Waals surface area contributed by atoms with Crippen LogP contribution in [0.15, 0.2) is 48.5 Å². The number of halogens is 1. The molecule has 0 saturated carbocycles. The first-order chi connectivity index (χ1) is 15.0. The van der Waals surface area contributed by atoms with Crippen molar-refractivity contribution < 1.29 is 19.1 Å². The normalized spacial score (nSPS) is 15.6. The third-order valence-corrected chi connectivity index (χ3v) is 6.00. The van der Waals surface area contributed by atoms with Crippen LogP contribution in [0.25, 0.3) is 10.9 Å². The first-order valence-corrected chi connectivity index (χ1v) is 10.4. The fraction of sp³-hybridized carbons (Fsp3) is 0.304. The Bertz CT molecular complexity index is 1110. The number of methoxy groups -OCH3 is 2. The summed E-state index contributed by atoms with van der Waals surface area (Å²) in [4.78, 5) is 32.6. The van der Waals surface area contributed by atoms with Crippen molar-refractivity contribution in [2.24, 2.45) is 0 Å². The summed E-state index contributed by atoms with van der Waals surface area (Å²) < 4.78 is 10.3. The van der Waals surface area contributed by atoms with Crippen molar-refractivity contribution in [1.82, 2.24) is 14.8 Å². The molecule has 1 saturated heterocycles. The molecule has 0 radical (unpaired) electrons. The van der Waals surface area contributed by atoms with Crippen molar-refractivity contribution in [3.63, 3.8) is 0 Å². The lowest BCUT2D eigenvalue weighted by Crippen LogP contribution is -2.51. The van der Waals surface area contributed by atoms with Gasteiger partial charge in [-0.05, 0) is 29.8 Å². The van der Waals surface area contributed by atoms with Crippen LogP contribution in [-0.4, -0.2) is 67.1 Å². The topological polar surface area (TPSA) is 74.9 Å². The molecule has 2 heterocycles. The molecular weight excluding hydrogens is 418 g/mol. The van der Waals surface area contributed by atoms with Crippen molar-refractivity contribution in [1.29, 1.82) is 0 Å². The monoisotopic (exact) mass is 441 g/mol.